The quantitative estimate of drug-likeness (QED) is 0.886. The normalized spacial score (nSPS) is 19.6. The number of hydrogen-bond donors (Lipinski definition) is 1. The molecule has 2 fully saturated rings. The minimum atomic E-state index is -0.982. The summed E-state index contributed by atoms with van der Waals surface area (Å²) in [4.78, 5) is 28.7. The fourth-order valence-corrected chi connectivity index (χ4v) is 3.07. The number of halogens is 1. The van der Waals surface area contributed by atoms with E-state index in [0.717, 1.165) is 37.8 Å². The van der Waals surface area contributed by atoms with Gasteiger partial charge in [-0.05, 0) is 43.4 Å². The van der Waals surface area contributed by atoms with Gasteiger partial charge in [0.15, 0.2) is 0 Å². The summed E-state index contributed by atoms with van der Waals surface area (Å²) in [6, 6.07) is 7.33. The van der Waals surface area contributed by atoms with Gasteiger partial charge in [-0.2, -0.15) is 0 Å². The van der Waals surface area contributed by atoms with Gasteiger partial charge in [0.25, 0.3) is 0 Å². The van der Waals surface area contributed by atoms with E-state index in [1.54, 1.807) is 12.1 Å². The van der Waals surface area contributed by atoms with Crippen molar-refractivity contribution >= 4 is 11.9 Å². The van der Waals surface area contributed by atoms with Crippen molar-refractivity contribution in [3.8, 4) is 0 Å². The number of benzene rings is 1. The summed E-state index contributed by atoms with van der Waals surface area (Å²) in [7, 11) is 0. The molecule has 0 bridgehead atoms. The lowest BCUT2D eigenvalue weighted by molar-refractivity contribution is -0.131. The van der Waals surface area contributed by atoms with Gasteiger partial charge >= 0.3 is 5.97 Å². The molecule has 6 heteroatoms. The molecular weight excluding hydrogens is 323 g/mol. The van der Waals surface area contributed by atoms with Crippen LogP contribution < -0.4 is 5.32 Å². The van der Waals surface area contributed by atoms with Gasteiger partial charge in [0.05, 0.1) is 12.1 Å². The Kier molecular flexibility index (Phi) is 7.37. The fourth-order valence-electron chi connectivity index (χ4n) is 3.07. The third-order valence-corrected chi connectivity index (χ3v) is 4.56. The van der Waals surface area contributed by atoms with Gasteiger partial charge in [-0.25, -0.2) is 9.74 Å². The van der Waals surface area contributed by atoms with Crippen LogP contribution in [-0.2, 0) is 9.74 Å². The molecule has 1 heterocycles. The van der Waals surface area contributed by atoms with Crippen LogP contribution >= 0.6 is 0 Å². The summed E-state index contributed by atoms with van der Waals surface area (Å²) in [5, 5.41) is 3.25. The Morgan fingerprint density at radius 1 is 1.28 bits per heavy atom. The molecule has 1 unspecified atom stereocenters. The Morgan fingerprint density at radius 3 is 2.72 bits per heavy atom. The summed E-state index contributed by atoms with van der Waals surface area (Å²) < 4.78 is 12.1. The van der Waals surface area contributed by atoms with Crippen LogP contribution in [0.4, 0.5) is 4.53 Å². The van der Waals surface area contributed by atoms with Gasteiger partial charge in [-0.3, -0.25) is 4.79 Å². The van der Waals surface area contributed by atoms with Crippen molar-refractivity contribution in [2.75, 3.05) is 19.6 Å². The second-order valence-corrected chi connectivity index (χ2v) is 6.32. The molecule has 1 aromatic carbocycles. The van der Waals surface area contributed by atoms with Gasteiger partial charge in [0.2, 0.25) is 5.91 Å². The van der Waals surface area contributed by atoms with Crippen LogP contribution in [0.2, 0.25) is 0 Å². The maximum atomic E-state index is 12.3. The zero-order chi connectivity index (χ0) is 18.2. The lowest BCUT2D eigenvalue weighted by Crippen LogP contribution is -2.43. The molecule has 1 saturated carbocycles. The van der Waals surface area contributed by atoms with Crippen molar-refractivity contribution in [2.45, 2.75) is 51.5 Å². The van der Waals surface area contributed by atoms with Gasteiger partial charge in [0.1, 0.15) is 0 Å². The van der Waals surface area contributed by atoms with Crippen molar-refractivity contribution in [1.29, 1.82) is 0 Å². The lowest BCUT2D eigenvalue weighted by atomic mass is 9.89. The molecule has 0 aromatic heterocycles. The monoisotopic (exact) mass is 350 g/mol. The molecule has 5 nitrogen and oxygen atoms in total. The fraction of sp³-hybridized carbons (Fsp3) is 0.579. The largest absolute Gasteiger partial charge is 0.379 e. The van der Waals surface area contributed by atoms with E-state index in [2.05, 4.69) is 10.3 Å². The molecule has 1 saturated heterocycles. The van der Waals surface area contributed by atoms with Crippen molar-refractivity contribution in [3.05, 3.63) is 35.4 Å². The molecule has 0 spiro atoms. The molecule has 138 valence electrons. The van der Waals surface area contributed by atoms with Crippen molar-refractivity contribution < 1.29 is 19.1 Å². The molecule has 0 radical (unpaired) electrons. The smallest absolute Gasteiger partial charge is 0.341 e. The Labute approximate surface area is 148 Å². The number of rotatable bonds is 5. The van der Waals surface area contributed by atoms with Gasteiger partial charge in [-0.1, -0.05) is 26.0 Å². The van der Waals surface area contributed by atoms with E-state index in [9.17, 15) is 14.1 Å². The van der Waals surface area contributed by atoms with E-state index in [4.69, 9.17) is 0 Å². The summed E-state index contributed by atoms with van der Waals surface area (Å²) in [6.07, 6.45) is 4.20. The van der Waals surface area contributed by atoms with Crippen LogP contribution in [0.3, 0.4) is 0 Å². The summed E-state index contributed by atoms with van der Waals surface area (Å²) in [5.41, 5.74) is 1.14. The number of amides is 1. The highest BCUT2D eigenvalue weighted by atomic mass is 19.3. The second kappa shape index (κ2) is 9.51. The SMILES string of the molecule is CC.O=C(OF)c1cccc(C2CCCN(C(=O)CNC3CC3)C2)c1. The molecule has 1 aliphatic carbocycles. The number of carbonyl (C=O) groups excluding carboxylic acids is 2. The lowest BCUT2D eigenvalue weighted by Gasteiger charge is -2.33. The molecule has 1 aliphatic heterocycles. The van der Waals surface area contributed by atoms with Gasteiger partial charge < -0.3 is 10.2 Å². The number of carbonyl (C=O) groups is 2. The van der Waals surface area contributed by atoms with Crippen LogP contribution in [-0.4, -0.2) is 42.5 Å². The number of nitrogens with zero attached hydrogens (tertiary/aromatic N) is 1. The first kappa shape index (κ1) is 19.4. The van der Waals surface area contributed by atoms with E-state index >= 15 is 0 Å². The third-order valence-electron chi connectivity index (χ3n) is 4.56. The molecule has 1 aromatic rings. The number of hydrogen-bond acceptors (Lipinski definition) is 4. The molecule has 1 amide bonds. The standard InChI is InChI=1S/C17H21FN2O3.C2H6/c18-23-17(22)13-4-1-3-12(9-13)14-5-2-8-20(11-14)16(21)10-19-15-6-7-15;1-2/h1,3-4,9,14-15,19H,2,5-8,10-11H2;1-2H3. The molecular formula is C19H27FN2O3. The third kappa shape index (κ3) is 5.53. The van der Waals surface area contributed by atoms with E-state index in [1.165, 1.54) is 6.07 Å². The van der Waals surface area contributed by atoms with Crippen molar-refractivity contribution in [3.63, 3.8) is 0 Å². The van der Waals surface area contributed by atoms with Crippen LogP contribution in [0.15, 0.2) is 24.3 Å². The summed E-state index contributed by atoms with van der Waals surface area (Å²) in [6.45, 7) is 5.80. The maximum absolute atomic E-state index is 12.3. The average molecular weight is 350 g/mol. The first-order chi connectivity index (χ1) is 12.2. The Morgan fingerprint density at radius 2 is 2.04 bits per heavy atom. The zero-order valence-electron chi connectivity index (χ0n) is 15.0. The minimum Gasteiger partial charge on any atom is -0.341 e. The predicted octanol–water partition coefficient (Wildman–Crippen LogP) is 3.21. The van der Waals surface area contributed by atoms with Crippen LogP contribution in [0.25, 0.3) is 0 Å². The highest BCUT2D eigenvalue weighted by molar-refractivity contribution is 5.89. The summed E-state index contributed by atoms with van der Waals surface area (Å²) in [5.74, 6) is -0.689. The van der Waals surface area contributed by atoms with E-state index < -0.39 is 5.97 Å². The molecule has 1 N–H and O–H groups in total. The van der Waals surface area contributed by atoms with Crippen molar-refractivity contribution in [1.82, 2.24) is 10.2 Å². The van der Waals surface area contributed by atoms with Gasteiger partial charge in [-0.15, -0.1) is 0 Å². The minimum absolute atomic E-state index is 0.126. The molecule has 25 heavy (non-hydrogen) atoms. The molecule has 2 aliphatic rings. The van der Waals surface area contributed by atoms with Crippen LogP contribution in [0.5, 0.6) is 0 Å². The second-order valence-electron chi connectivity index (χ2n) is 6.32. The van der Waals surface area contributed by atoms with Gasteiger partial charge in [0, 0.05) is 29.6 Å². The topological polar surface area (TPSA) is 58.6 Å². The first-order valence-corrected chi connectivity index (χ1v) is 9.11. The highest BCUT2D eigenvalue weighted by Gasteiger charge is 2.27. The zero-order valence-corrected chi connectivity index (χ0v) is 15.0. The molecule has 1 atom stereocenters. The number of nitrogens with one attached hydrogen (secondary N) is 1. The van der Waals surface area contributed by atoms with E-state index in [-0.39, 0.29) is 17.4 Å². The first-order valence-electron chi connectivity index (χ1n) is 9.11. The number of piperidine rings is 1. The van der Waals surface area contributed by atoms with Crippen LogP contribution in [0, 0.1) is 0 Å². The Balaban J connectivity index is 0.00000109. The van der Waals surface area contributed by atoms with E-state index in [1.807, 2.05) is 24.8 Å². The highest BCUT2D eigenvalue weighted by Crippen LogP contribution is 2.28. The van der Waals surface area contributed by atoms with Crippen LogP contribution in [0.1, 0.15) is 61.4 Å². The average Bonchev–Trinajstić information content (AvgIpc) is 3.51. The molecule has 3 rings (SSSR count). The Hall–Kier alpha value is -1.95. The summed E-state index contributed by atoms with van der Waals surface area (Å²) >= 11 is 0. The van der Waals surface area contributed by atoms with Crippen molar-refractivity contribution in [2.24, 2.45) is 0 Å². The predicted molar refractivity (Wildman–Crippen MR) is 93.9 cm³/mol. The Bertz CT molecular complexity index is 590. The number of likely N-dealkylation sites (tertiary alicyclic amines) is 1. The maximum Gasteiger partial charge on any atom is 0.379 e. The van der Waals surface area contributed by atoms with E-state index in [0.29, 0.717) is 19.1 Å².